The van der Waals surface area contributed by atoms with Crippen molar-refractivity contribution in [3.05, 3.63) is 12.4 Å². The third-order valence-corrected chi connectivity index (χ3v) is 13.5. The Morgan fingerprint density at radius 3 is 0.857 bits per heavy atom. The molecular weight excluding hydrogens is 677 g/mol. The molecule has 0 saturated heterocycles. The topological polar surface area (TPSA) is 3.01 Å². The lowest BCUT2D eigenvalue weighted by Crippen LogP contribution is -2.50. The van der Waals surface area contributed by atoms with Crippen LogP contribution in [-0.4, -0.2) is 34.5 Å². The van der Waals surface area contributed by atoms with Crippen molar-refractivity contribution in [2.24, 2.45) is 0 Å². The molecule has 1 aliphatic heterocycles. The van der Waals surface area contributed by atoms with Crippen LogP contribution in [0.2, 0.25) is 0 Å². The Morgan fingerprint density at radius 2 is 0.554 bits per heavy atom. The van der Waals surface area contributed by atoms with E-state index in [1.165, 1.54) is 307 Å². The number of amidine groups is 1. The highest BCUT2D eigenvalue weighted by Gasteiger charge is 2.42. The van der Waals surface area contributed by atoms with Crippen LogP contribution in [0.5, 0.6) is 0 Å². The zero-order chi connectivity index (χ0) is 40.3. The third-order valence-electron chi connectivity index (χ3n) is 13.5. The van der Waals surface area contributed by atoms with Crippen LogP contribution in [0.25, 0.3) is 0 Å². The van der Waals surface area contributed by atoms with Gasteiger partial charge in [-0.05, 0) is 38.5 Å². The van der Waals surface area contributed by atoms with E-state index in [0.29, 0.717) is 0 Å². The minimum atomic E-state index is 1.21. The van der Waals surface area contributed by atoms with Crippen LogP contribution in [0.3, 0.4) is 0 Å². The smallest absolute Gasteiger partial charge is 0.209 e. The summed E-state index contributed by atoms with van der Waals surface area (Å²) >= 11 is 0. The van der Waals surface area contributed by atoms with Gasteiger partial charge < -0.3 is 0 Å². The van der Waals surface area contributed by atoms with E-state index in [4.69, 9.17) is 0 Å². The number of rotatable bonds is 47. The van der Waals surface area contributed by atoms with E-state index < -0.39 is 0 Å². The molecule has 0 radical (unpaired) electrons. The van der Waals surface area contributed by atoms with Gasteiger partial charge in [0.1, 0.15) is 0 Å². The lowest BCUT2D eigenvalue weighted by atomic mass is 10.0. The Hall–Kier alpha value is -0.630. The molecular formula is C54H108N2+2. The second-order valence-corrected chi connectivity index (χ2v) is 18.9. The zero-order valence-corrected chi connectivity index (χ0v) is 39.8. The van der Waals surface area contributed by atoms with Gasteiger partial charge in [0.25, 0.3) is 0 Å². The second kappa shape index (κ2) is 42.5. The molecule has 1 rings (SSSR count). The molecule has 2 heteroatoms. The van der Waals surface area contributed by atoms with Crippen LogP contribution in [0, 0.1) is 0 Å². The quantitative estimate of drug-likeness (QED) is 0.0328. The van der Waals surface area contributed by atoms with Crippen LogP contribution < -0.4 is 0 Å². The molecule has 56 heavy (non-hydrogen) atoms. The number of hydrogen-bond donors (Lipinski definition) is 0. The molecule has 0 bridgehead atoms. The maximum Gasteiger partial charge on any atom is 0.348 e. The summed E-state index contributed by atoms with van der Waals surface area (Å²) < 4.78 is 4.01. The molecule has 1 unspecified atom stereocenters. The van der Waals surface area contributed by atoms with E-state index >= 15 is 0 Å². The minimum Gasteiger partial charge on any atom is -0.209 e. The largest absolute Gasteiger partial charge is 0.348 e. The molecule has 0 aromatic heterocycles. The van der Waals surface area contributed by atoms with Crippen molar-refractivity contribution in [2.75, 3.05) is 19.6 Å². The van der Waals surface area contributed by atoms with Crippen molar-refractivity contribution in [1.82, 2.24) is 0 Å². The first-order valence-electron chi connectivity index (χ1n) is 26.9. The van der Waals surface area contributed by atoms with Gasteiger partial charge in [0.2, 0.25) is 6.20 Å². The Kier molecular flexibility index (Phi) is 40.5. The Morgan fingerprint density at radius 1 is 0.304 bits per heavy atom. The van der Waals surface area contributed by atoms with Crippen molar-refractivity contribution < 1.29 is 9.06 Å². The van der Waals surface area contributed by atoms with Gasteiger partial charge in [-0.25, -0.2) is 4.48 Å². The summed E-state index contributed by atoms with van der Waals surface area (Å²) in [7, 11) is 0. The van der Waals surface area contributed by atoms with Crippen molar-refractivity contribution in [3.8, 4) is 0 Å². The monoisotopic (exact) mass is 785 g/mol. The zero-order valence-electron chi connectivity index (χ0n) is 39.8. The number of unbranched alkanes of at least 4 members (excludes halogenated alkanes) is 39. The molecule has 0 aromatic carbocycles. The number of nitrogens with zero attached hydrogens (tertiary/aromatic N) is 2. The average molecular weight is 785 g/mol. The normalized spacial score (nSPS) is 15.6. The van der Waals surface area contributed by atoms with E-state index in [1.807, 2.05) is 0 Å². The fraction of sp³-hybridized carbons (Fsp3) is 0.944. The van der Waals surface area contributed by atoms with E-state index in [2.05, 4.69) is 44.7 Å². The first-order chi connectivity index (χ1) is 27.7. The van der Waals surface area contributed by atoms with Gasteiger partial charge >= 0.3 is 5.84 Å². The Labute approximate surface area is 355 Å². The maximum absolute atomic E-state index is 2.80. The molecule has 0 aromatic rings. The van der Waals surface area contributed by atoms with Gasteiger partial charge in [-0.15, -0.1) is 0 Å². The molecule has 0 amide bonds. The van der Waals surface area contributed by atoms with Crippen LogP contribution in [-0.2, 0) is 0 Å². The fourth-order valence-corrected chi connectivity index (χ4v) is 9.56. The minimum absolute atomic E-state index is 1.21. The summed E-state index contributed by atoms with van der Waals surface area (Å²) in [6.07, 6.45) is 68.6. The molecule has 0 fully saturated rings. The molecule has 1 heterocycles. The van der Waals surface area contributed by atoms with Crippen molar-refractivity contribution >= 4 is 5.84 Å². The summed E-state index contributed by atoms with van der Waals surface area (Å²) in [4.78, 5) is 0. The number of hydrogen-bond acceptors (Lipinski definition) is 0. The van der Waals surface area contributed by atoms with Crippen LogP contribution in [0.1, 0.15) is 310 Å². The molecule has 332 valence electrons. The lowest BCUT2D eigenvalue weighted by Gasteiger charge is -2.29. The fourth-order valence-electron chi connectivity index (χ4n) is 9.56. The van der Waals surface area contributed by atoms with Crippen LogP contribution >= 0.6 is 0 Å². The van der Waals surface area contributed by atoms with Gasteiger partial charge in [-0.3, -0.25) is 0 Å². The first-order valence-corrected chi connectivity index (χ1v) is 26.9. The third kappa shape index (κ3) is 31.3. The molecule has 0 spiro atoms. The standard InChI is InChI=1S/C54H108N2/c1-5-9-13-17-21-25-27-29-31-33-35-39-43-47-52-56(51-46-42-38-34-32-30-28-26-22-18-14-10-6-2)53-50-55(49-45-41-37-24-20-16-12-8-4)54(56)48-44-40-36-23-19-15-11-7-3/h50,53H,5-49,51-52H2,1-4H3/q+2. The van der Waals surface area contributed by atoms with E-state index in [9.17, 15) is 0 Å². The van der Waals surface area contributed by atoms with Crippen molar-refractivity contribution in [2.45, 2.75) is 310 Å². The van der Waals surface area contributed by atoms with Gasteiger partial charge in [-0.1, -0.05) is 259 Å². The van der Waals surface area contributed by atoms with Gasteiger partial charge in [0.15, 0.2) is 12.7 Å². The highest BCUT2D eigenvalue weighted by molar-refractivity contribution is 5.72. The predicted molar refractivity (Wildman–Crippen MR) is 255 cm³/mol. The molecule has 2 nitrogen and oxygen atoms in total. The van der Waals surface area contributed by atoms with E-state index in [1.54, 1.807) is 5.84 Å². The Bertz CT molecular complexity index is 843. The lowest BCUT2D eigenvalue weighted by molar-refractivity contribution is -0.801. The summed E-state index contributed by atoms with van der Waals surface area (Å²) in [6.45, 7) is 13.3. The summed E-state index contributed by atoms with van der Waals surface area (Å²) in [5, 5.41) is 0. The van der Waals surface area contributed by atoms with Gasteiger partial charge in [0, 0.05) is 6.42 Å². The maximum atomic E-state index is 2.80. The van der Waals surface area contributed by atoms with Crippen LogP contribution in [0.4, 0.5) is 0 Å². The average Bonchev–Trinajstić information content (AvgIpc) is 3.54. The molecule has 0 aliphatic carbocycles. The second-order valence-electron chi connectivity index (χ2n) is 18.9. The van der Waals surface area contributed by atoms with Crippen molar-refractivity contribution in [1.29, 1.82) is 0 Å². The van der Waals surface area contributed by atoms with E-state index in [0.717, 1.165) is 0 Å². The number of quaternary nitrogens is 1. The molecule has 0 saturated carbocycles. The highest BCUT2D eigenvalue weighted by atomic mass is 15.4. The molecule has 1 aliphatic rings. The SMILES string of the molecule is CCCCCCCCCCCCCCCC[N+]1(CCCCCCCCCCCCCCC)C=C[N+](CCCCCCCCCC)=C1CCCCCCCCCC. The summed E-state index contributed by atoms with van der Waals surface area (Å²) in [5.41, 5.74) is 0. The first kappa shape index (κ1) is 53.4. The Balaban J connectivity index is 2.68. The van der Waals surface area contributed by atoms with Crippen molar-refractivity contribution in [3.63, 3.8) is 0 Å². The summed E-state index contributed by atoms with van der Waals surface area (Å²) in [5.74, 6) is 1.80. The van der Waals surface area contributed by atoms with Crippen LogP contribution in [0.15, 0.2) is 12.4 Å². The highest BCUT2D eigenvalue weighted by Crippen LogP contribution is 2.26. The predicted octanol–water partition coefficient (Wildman–Crippen LogP) is 18.9. The molecule has 0 N–H and O–H groups in total. The summed E-state index contributed by atoms with van der Waals surface area (Å²) in [6, 6.07) is 0. The van der Waals surface area contributed by atoms with Gasteiger partial charge in [0.05, 0.1) is 19.5 Å². The molecule has 1 atom stereocenters. The van der Waals surface area contributed by atoms with E-state index in [-0.39, 0.29) is 0 Å². The van der Waals surface area contributed by atoms with Gasteiger partial charge in [-0.2, -0.15) is 4.58 Å².